The van der Waals surface area contributed by atoms with Gasteiger partial charge in [0.05, 0.1) is 37.4 Å². The summed E-state index contributed by atoms with van der Waals surface area (Å²) in [5.74, 6) is 0.450. The predicted octanol–water partition coefficient (Wildman–Crippen LogP) is 9.83. The maximum atomic E-state index is 15.0. The Morgan fingerprint density at radius 2 is 1.71 bits per heavy atom. The number of piperazine rings is 1. The quantitative estimate of drug-likeness (QED) is 0.0556. The van der Waals surface area contributed by atoms with Gasteiger partial charge in [0, 0.05) is 88.1 Å². The Morgan fingerprint density at radius 3 is 2.43 bits per heavy atom. The Hall–Kier alpha value is -6.87. The molecule has 6 aromatic rings. The molecule has 76 heavy (non-hydrogen) atoms. The molecule has 3 aromatic carbocycles. The van der Waals surface area contributed by atoms with E-state index in [0.29, 0.717) is 49.9 Å². The fourth-order valence-electron chi connectivity index (χ4n) is 10.9. The van der Waals surface area contributed by atoms with Crippen LogP contribution in [0.3, 0.4) is 0 Å². The number of piperidine rings is 1. The smallest absolute Gasteiger partial charge is 0.268 e. The van der Waals surface area contributed by atoms with E-state index >= 15 is 4.39 Å². The lowest BCUT2D eigenvalue weighted by Gasteiger charge is -2.48. The number of nitrogens with one attached hydrogen (secondary N) is 3. The SMILES string of the molecule is CCOc1nc2[nH]cc(F)c2cc1Oc1cc(N2CCC(N3CCN(Cc4ccc(OC)c(OC)c4)C[C@H]3c3ccccc3C(C)C)CC2)ccc1C(=O)NS(=O)(=O)c1cnc(NCC2CCC(C)(O)CC2)c(N=O)c1. The number of sulfonamides is 1. The molecule has 3 aromatic heterocycles. The standard InChI is InChI=1S/C56H68FN9O9S/c1-7-74-55-51(29-44-45(57)32-60-52(44)61-55)75-49-27-39(13-14-43(49)54(67)63-76(70,71)40-28-46(62-69)53(59-31-40)58-30-36-16-20-56(4,68)21-17-36)65-22-18-38(19-23-65)66-25-24-64(33-37-12-15-48(72-5)50(26-37)73-6)34-47(66)42-11-9-8-10-41(42)35(2)3/h8-15,26-29,31-32,35-36,38,47,68H,7,16-25,30,33-34H2,1-6H3,(H,58,59)(H,60,61)(H,63,67)/t36?,47-,56?/m0/s1. The largest absolute Gasteiger partial charge is 0.493 e. The summed E-state index contributed by atoms with van der Waals surface area (Å²) in [6, 6.07) is 22.7. The molecule has 4 N–H and O–H groups in total. The number of nitrogens with zero attached hydrogens (tertiary/aromatic N) is 6. The summed E-state index contributed by atoms with van der Waals surface area (Å²) in [4.78, 5) is 44.7. The molecule has 0 radical (unpaired) electrons. The number of halogens is 1. The molecule has 18 nitrogen and oxygen atoms in total. The Labute approximate surface area is 443 Å². The maximum absolute atomic E-state index is 15.0. The van der Waals surface area contributed by atoms with E-state index in [1.54, 1.807) is 33.3 Å². The third kappa shape index (κ3) is 12.0. The molecule has 2 saturated heterocycles. The van der Waals surface area contributed by atoms with Gasteiger partial charge >= 0.3 is 0 Å². The van der Waals surface area contributed by atoms with E-state index in [1.165, 1.54) is 29.5 Å². The third-order valence-electron chi connectivity index (χ3n) is 15.1. The van der Waals surface area contributed by atoms with Crippen LogP contribution in [0.1, 0.15) is 105 Å². The molecule has 9 rings (SSSR count). The van der Waals surface area contributed by atoms with Gasteiger partial charge in [-0.3, -0.25) is 14.6 Å². The van der Waals surface area contributed by atoms with E-state index in [2.05, 4.69) is 95.1 Å². The molecule has 404 valence electrons. The molecule has 3 fully saturated rings. The molecule has 1 aliphatic carbocycles. The lowest BCUT2D eigenvalue weighted by molar-refractivity contribution is 0.00975. The van der Waals surface area contributed by atoms with Gasteiger partial charge in [-0.1, -0.05) is 44.2 Å². The maximum Gasteiger partial charge on any atom is 0.268 e. The Bertz CT molecular complexity index is 3150. The van der Waals surface area contributed by atoms with Crippen molar-refractivity contribution in [3.63, 3.8) is 0 Å². The monoisotopic (exact) mass is 1060 g/mol. The minimum absolute atomic E-state index is 0.00574. The number of amides is 1. The second-order valence-corrected chi connectivity index (χ2v) is 22.3. The second kappa shape index (κ2) is 23.2. The molecule has 1 amide bonds. The van der Waals surface area contributed by atoms with Gasteiger partial charge in [-0.25, -0.2) is 22.5 Å². The molecule has 2 aliphatic heterocycles. The van der Waals surface area contributed by atoms with E-state index in [-0.39, 0.29) is 70.1 Å². The zero-order chi connectivity index (χ0) is 53.7. The highest BCUT2D eigenvalue weighted by molar-refractivity contribution is 7.90. The first-order chi connectivity index (χ1) is 36.6. The topological polar surface area (TPSA) is 213 Å². The summed E-state index contributed by atoms with van der Waals surface area (Å²) >= 11 is 0. The number of hydrogen-bond acceptors (Lipinski definition) is 16. The molecule has 20 heteroatoms. The average molecular weight is 1060 g/mol. The minimum atomic E-state index is -4.63. The highest BCUT2D eigenvalue weighted by Gasteiger charge is 2.37. The molecule has 0 spiro atoms. The number of nitroso groups, excluding NO2 is 1. The van der Waals surface area contributed by atoms with Crippen molar-refractivity contribution in [1.82, 2.24) is 29.5 Å². The van der Waals surface area contributed by atoms with Crippen LogP contribution in [0.5, 0.6) is 28.9 Å². The minimum Gasteiger partial charge on any atom is -0.493 e. The van der Waals surface area contributed by atoms with Gasteiger partial charge in [0.15, 0.2) is 28.8 Å². The van der Waals surface area contributed by atoms with E-state index in [0.717, 1.165) is 75.4 Å². The highest BCUT2D eigenvalue weighted by atomic mass is 32.2. The number of aliphatic hydroxyl groups is 1. The average Bonchev–Trinajstić information content (AvgIpc) is 3.79. The number of benzene rings is 3. The van der Waals surface area contributed by atoms with Gasteiger partial charge in [0.25, 0.3) is 21.8 Å². The summed E-state index contributed by atoms with van der Waals surface area (Å²) in [7, 11) is -1.34. The van der Waals surface area contributed by atoms with Gasteiger partial charge in [0.2, 0.25) is 0 Å². The first-order valence-electron chi connectivity index (χ1n) is 26.1. The van der Waals surface area contributed by atoms with Crippen LogP contribution in [0.15, 0.2) is 95.3 Å². The summed E-state index contributed by atoms with van der Waals surface area (Å²) in [5.41, 5.74) is 3.66. The molecular formula is C56H68FN9O9S. The number of ether oxygens (including phenoxy) is 4. The number of carbonyl (C=O) groups excluding carboxylic acids is 1. The molecule has 0 unspecified atom stereocenters. The number of H-pyrrole nitrogens is 1. The lowest BCUT2D eigenvalue weighted by Crippen LogP contribution is -2.54. The third-order valence-corrected chi connectivity index (χ3v) is 16.4. The van der Waals surface area contributed by atoms with Crippen LogP contribution in [0.25, 0.3) is 11.0 Å². The first kappa shape index (κ1) is 53.9. The van der Waals surface area contributed by atoms with Gasteiger partial charge in [-0.05, 0) is 116 Å². The molecule has 1 saturated carbocycles. The normalized spacial score (nSPS) is 19.9. The number of aromatic amines is 1. The second-order valence-electron chi connectivity index (χ2n) is 20.6. The van der Waals surface area contributed by atoms with Crippen LogP contribution >= 0.6 is 0 Å². The number of hydrogen-bond donors (Lipinski definition) is 4. The fraction of sp³-hybridized carbons (Fsp3) is 0.446. The zero-order valence-corrected chi connectivity index (χ0v) is 44.8. The predicted molar refractivity (Wildman–Crippen MR) is 289 cm³/mol. The van der Waals surface area contributed by atoms with Crippen LogP contribution in [0.4, 0.5) is 21.6 Å². The van der Waals surface area contributed by atoms with Crippen molar-refractivity contribution < 1.29 is 41.7 Å². The Morgan fingerprint density at radius 1 is 0.947 bits per heavy atom. The summed E-state index contributed by atoms with van der Waals surface area (Å²) < 4.78 is 68.4. The van der Waals surface area contributed by atoms with E-state index in [1.807, 2.05) is 13.0 Å². The van der Waals surface area contributed by atoms with Crippen LogP contribution in [0.2, 0.25) is 0 Å². The summed E-state index contributed by atoms with van der Waals surface area (Å²) in [6.07, 6.45) is 6.73. The van der Waals surface area contributed by atoms with Crippen molar-refractivity contribution >= 4 is 44.2 Å². The Balaban J connectivity index is 0.957. The lowest BCUT2D eigenvalue weighted by atomic mass is 9.80. The molecule has 5 heterocycles. The molecule has 3 aliphatic rings. The fourth-order valence-corrected chi connectivity index (χ4v) is 11.8. The highest BCUT2D eigenvalue weighted by Crippen LogP contribution is 2.41. The van der Waals surface area contributed by atoms with Crippen LogP contribution < -0.4 is 33.9 Å². The summed E-state index contributed by atoms with van der Waals surface area (Å²) in [6.45, 7) is 13.4. The molecule has 0 bridgehead atoms. The van der Waals surface area contributed by atoms with Crippen LogP contribution in [-0.2, 0) is 16.6 Å². The van der Waals surface area contributed by atoms with Crippen LogP contribution in [-0.4, -0.2) is 116 Å². The summed E-state index contributed by atoms with van der Waals surface area (Å²) in [5, 5.41) is 16.6. The number of anilines is 2. The number of methoxy groups -OCH3 is 2. The molecular weight excluding hydrogens is 994 g/mol. The van der Waals surface area contributed by atoms with Crippen molar-refractivity contribution in [3.05, 3.63) is 118 Å². The van der Waals surface area contributed by atoms with Gasteiger partial charge in [-0.15, -0.1) is 4.91 Å². The van der Waals surface area contributed by atoms with Crippen molar-refractivity contribution in [2.24, 2.45) is 11.1 Å². The van der Waals surface area contributed by atoms with Gasteiger partial charge in [-0.2, -0.15) is 4.98 Å². The van der Waals surface area contributed by atoms with Crippen molar-refractivity contribution in [1.29, 1.82) is 0 Å². The Kier molecular flexibility index (Phi) is 16.4. The number of rotatable bonds is 19. The zero-order valence-electron chi connectivity index (χ0n) is 44.0. The van der Waals surface area contributed by atoms with Crippen molar-refractivity contribution in [2.75, 3.05) is 70.3 Å². The van der Waals surface area contributed by atoms with Gasteiger partial charge in [0.1, 0.15) is 22.1 Å². The number of aromatic nitrogens is 3. The van der Waals surface area contributed by atoms with E-state index in [9.17, 15) is 23.2 Å². The van der Waals surface area contributed by atoms with Crippen molar-refractivity contribution in [2.45, 2.75) is 101 Å². The first-order valence-corrected chi connectivity index (χ1v) is 27.6. The van der Waals surface area contributed by atoms with E-state index < -0.39 is 32.2 Å². The number of carbonyl (C=O) groups is 1. The van der Waals surface area contributed by atoms with Crippen molar-refractivity contribution in [3.8, 4) is 28.9 Å². The van der Waals surface area contributed by atoms with E-state index in [4.69, 9.17) is 18.9 Å². The molecule has 1 atom stereocenters. The van der Waals surface area contributed by atoms with Gasteiger partial charge < -0.3 is 39.3 Å². The van der Waals surface area contributed by atoms with Crippen LogP contribution in [0, 0.1) is 16.6 Å². The number of fused-ring (bicyclic) bond motifs is 1. The number of pyridine rings is 2.